The van der Waals surface area contributed by atoms with E-state index in [4.69, 9.17) is 5.73 Å². The highest BCUT2D eigenvalue weighted by molar-refractivity contribution is 5.66. The van der Waals surface area contributed by atoms with Crippen molar-refractivity contribution in [1.82, 2.24) is 0 Å². The number of nitro groups is 1. The van der Waals surface area contributed by atoms with E-state index in [1.165, 1.54) is 18.2 Å². The fraction of sp³-hybridized carbons (Fsp3) is 0.0526. The summed E-state index contributed by atoms with van der Waals surface area (Å²) in [4.78, 5) is 10.4. The zero-order valence-corrected chi connectivity index (χ0v) is 12.8. The van der Waals surface area contributed by atoms with Crippen LogP contribution in [0.25, 0.3) is 11.1 Å². The van der Waals surface area contributed by atoms with Gasteiger partial charge >= 0.3 is 0 Å². The molecule has 24 heavy (non-hydrogen) atoms. The van der Waals surface area contributed by atoms with E-state index in [1.54, 1.807) is 18.2 Å². The third-order valence-corrected chi connectivity index (χ3v) is 3.88. The lowest BCUT2D eigenvalue weighted by molar-refractivity contribution is -0.384. The van der Waals surface area contributed by atoms with Crippen LogP contribution in [0.5, 0.6) is 0 Å². The van der Waals surface area contributed by atoms with Crippen molar-refractivity contribution in [3.63, 3.8) is 0 Å². The molecule has 120 valence electrons. The van der Waals surface area contributed by atoms with E-state index in [1.807, 2.05) is 30.3 Å². The van der Waals surface area contributed by atoms with Crippen molar-refractivity contribution in [2.45, 2.75) is 6.42 Å². The Labute approximate surface area is 138 Å². The molecule has 0 radical (unpaired) electrons. The predicted octanol–water partition coefficient (Wildman–Crippen LogP) is 4.57. The Balaban J connectivity index is 1.86. The van der Waals surface area contributed by atoms with Crippen LogP contribution in [-0.2, 0) is 6.42 Å². The average molecular weight is 322 g/mol. The van der Waals surface area contributed by atoms with Crippen molar-refractivity contribution < 1.29 is 9.31 Å². The number of anilines is 1. The van der Waals surface area contributed by atoms with Gasteiger partial charge in [0.15, 0.2) is 0 Å². The molecule has 0 aromatic heterocycles. The van der Waals surface area contributed by atoms with Crippen LogP contribution in [0, 0.1) is 15.9 Å². The van der Waals surface area contributed by atoms with Crippen LogP contribution in [0.3, 0.4) is 0 Å². The molecular formula is C19H15FN2O2. The molecule has 0 aliphatic heterocycles. The first-order valence-corrected chi connectivity index (χ1v) is 7.41. The van der Waals surface area contributed by atoms with Gasteiger partial charge in [-0.05, 0) is 28.8 Å². The minimum atomic E-state index is -0.418. The van der Waals surface area contributed by atoms with Gasteiger partial charge in [0, 0.05) is 29.8 Å². The molecule has 3 rings (SSSR count). The van der Waals surface area contributed by atoms with Gasteiger partial charge in [-0.2, -0.15) is 0 Å². The Morgan fingerprint density at radius 3 is 2.33 bits per heavy atom. The number of hydrogen-bond donors (Lipinski definition) is 1. The Kier molecular flexibility index (Phi) is 4.24. The third kappa shape index (κ3) is 3.25. The number of halogens is 1. The molecule has 0 bridgehead atoms. The van der Waals surface area contributed by atoms with Gasteiger partial charge in [0.05, 0.1) is 4.92 Å². The Bertz CT molecular complexity index is 872. The number of nitrogens with two attached hydrogens (primary N) is 1. The number of benzene rings is 3. The lowest BCUT2D eigenvalue weighted by Crippen LogP contribution is -1.99. The van der Waals surface area contributed by atoms with Gasteiger partial charge in [0.2, 0.25) is 0 Å². The molecule has 0 spiro atoms. The summed E-state index contributed by atoms with van der Waals surface area (Å²) in [5.41, 5.74) is 9.33. The highest BCUT2D eigenvalue weighted by atomic mass is 19.1. The van der Waals surface area contributed by atoms with Gasteiger partial charge in [-0.3, -0.25) is 10.1 Å². The second-order valence-corrected chi connectivity index (χ2v) is 5.49. The molecule has 4 nitrogen and oxygen atoms in total. The van der Waals surface area contributed by atoms with Gasteiger partial charge < -0.3 is 5.73 Å². The fourth-order valence-corrected chi connectivity index (χ4v) is 2.58. The van der Waals surface area contributed by atoms with E-state index in [-0.39, 0.29) is 11.5 Å². The first-order valence-electron chi connectivity index (χ1n) is 7.41. The van der Waals surface area contributed by atoms with Crippen LogP contribution in [0.2, 0.25) is 0 Å². The molecule has 3 aromatic rings. The first kappa shape index (κ1) is 15.7. The fourth-order valence-electron chi connectivity index (χ4n) is 2.58. The van der Waals surface area contributed by atoms with Crippen LogP contribution in [0.15, 0.2) is 66.7 Å². The largest absolute Gasteiger partial charge is 0.398 e. The van der Waals surface area contributed by atoms with Gasteiger partial charge in [-0.15, -0.1) is 0 Å². The van der Waals surface area contributed by atoms with Gasteiger partial charge in [-0.1, -0.05) is 42.5 Å². The average Bonchev–Trinajstić information content (AvgIpc) is 2.59. The van der Waals surface area contributed by atoms with E-state index in [9.17, 15) is 14.5 Å². The summed E-state index contributed by atoms with van der Waals surface area (Å²) >= 11 is 0. The number of non-ortho nitro benzene ring substituents is 1. The summed E-state index contributed by atoms with van der Waals surface area (Å²) in [6, 6.07) is 18.6. The molecule has 0 fully saturated rings. The minimum absolute atomic E-state index is 0.0516. The van der Waals surface area contributed by atoms with E-state index in [0.717, 1.165) is 16.7 Å². The maximum absolute atomic E-state index is 13.9. The summed E-state index contributed by atoms with van der Waals surface area (Å²) in [5.74, 6) is -0.322. The van der Waals surface area contributed by atoms with Gasteiger partial charge in [0.1, 0.15) is 5.82 Å². The molecular weight excluding hydrogens is 307 g/mol. The van der Waals surface area contributed by atoms with Crippen molar-refractivity contribution in [3.05, 3.63) is 93.8 Å². The molecule has 3 aromatic carbocycles. The van der Waals surface area contributed by atoms with E-state index in [0.29, 0.717) is 17.7 Å². The molecule has 0 aliphatic rings. The molecule has 0 saturated heterocycles. The molecule has 0 aliphatic carbocycles. The van der Waals surface area contributed by atoms with Crippen molar-refractivity contribution in [3.8, 4) is 11.1 Å². The van der Waals surface area contributed by atoms with Crippen molar-refractivity contribution in [2.75, 3.05) is 5.73 Å². The number of rotatable bonds is 4. The summed E-state index contributed by atoms with van der Waals surface area (Å²) in [7, 11) is 0. The number of nitrogen functional groups attached to an aromatic ring is 1. The molecule has 0 saturated carbocycles. The quantitative estimate of drug-likeness (QED) is 0.434. The summed E-state index contributed by atoms with van der Waals surface area (Å²) in [5, 5.41) is 10.9. The van der Waals surface area contributed by atoms with Crippen LogP contribution in [0.1, 0.15) is 11.1 Å². The second-order valence-electron chi connectivity index (χ2n) is 5.49. The van der Waals surface area contributed by atoms with E-state index in [2.05, 4.69) is 0 Å². The van der Waals surface area contributed by atoms with Gasteiger partial charge in [-0.25, -0.2) is 4.39 Å². The number of nitrogens with zero attached hydrogens (tertiary/aromatic N) is 1. The topological polar surface area (TPSA) is 69.2 Å². The molecule has 2 N–H and O–H groups in total. The lowest BCUT2D eigenvalue weighted by Gasteiger charge is -2.08. The summed E-state index contributed by atoms with van der Waals surface area (Å²) in [6.45, 7) is 0. The number of nitro benzene ring substituents is 1. The van der Waals surface area contributed by atoms with E-state index < -0.39 is 4.92 Å². The molecule has 5 heteroatoms. The van der Waals surface area contributed by atoms with Crippen LogP contribution < -0.4 is 5.73 Å². The predicted molar refractivity (Wildman–Crippen MR) is 92.2 cm³/mol. The first-order chi connectivity index (χ1) is 11.5. The smallest absolute Gasteiger partial charge is 0.270 e. The minimum Gasteiger partial charge on any atom is -0.398 e. The van der Waals surface area contributed by atoms with Crippen LogP contribution >= 0.6 is 0 Å². The molecule has 0 amide bonds. The van der Waals surface area contributed by atoms with Crippen molar-refractivity contribution >= 4 is 11.4 Å². The third-order valence-electron chi connectivity index (χ3n) is 3.88. The van der Waals surface area contributed by atoms with Crippen molar-refractivity contribution in [2.24, 2.45) is 0 Å². The van der Waals surface area contributed by atoms with Crippen LogP contribution in [-0.4, -0.2) is 4.92 Å². The normalized spacial score (nSPS) is 10.5. The SMILES string of the molecule is Nc1cccc(F)c1Cc1ccc(-c2cccc([N+](=O)[O-])c2)cc1. The summed E-state index contributed by atoms with van der Waals surface area (Å²) in [6.07, 6.45) is 0.397. The number of hydrogen-bond acceptors (Lipinski definition) is 3. The maximum Gasteiger partial charge on any atom is 0.270 e. The molecule has 0 heterocycles. The zero-order valence-electron chi connectivity index (χ0n) is 12.8. The van der Waals surface area contributed by atoms with Crippen molar-refractivity contribution in [1.29, 1.82) is 0 Å². The maximum atomic E-state index is 13.9. The Hall–Kier alpha value is -3.21. The van der Waals surface area contributed by atoms with Crippen LogP contribution in [0.4, 0.5) is 15.8 Å². The summed E-state index contributed by atoms with van der Waals surface area (Å²) < 4.78 is 13.9. The standard InChI is InChI=1S/C19H15FN2O2/c20-18-5-2-6-19(21)17(18)11-13-7-9-14(10-8-13)15-3-1-4-16(12-15)22(23)24/h1-10,12H,11,21H2. The Morgan fingerprint density at radius 2 is 1.67 bits per heavy atom. The highest BCUT2D eigenvalue weighted by Crippen LogP contribution is 2.25. The molecule has 0 unspecified atom stereocenters. The second kappa shape index (κ2) is 6.50. The van der Waals surface area contributed by atoms with Gasteiger partial charge in [0.25, 0.3) is 5.69 Å². The zero-order chi connectivity index (χ0) is 17.1. The monoisotopic (exact) mass is 322 g/mol. The highest BCUT2D eigenvalue weighted by Gasteiger charge is 2.09. The van der Waals surface area contributed by atoms with E-state index >= 15 is 0 Å². The lowest BCUT2D eigenvalue weighted by atomic mass is 9.99. The Morgan fingerprint density at radius 1 is 0.958 bits per heavy atom. The molecule has 0 atom stereocenters.